The first-order valence-corrected chi connectivity index (χ1v) is 7.58. The van der Waals surface area contributed by atoms with Crippen LogP contribution in [-0.4, -0.2) is 6.04 Å². The van der Waals surface area contributed by atoms with Gasteiger partial charge in [0.15, 0.2) is 0 Å². The Labute approximate surface area is 123 Å². The summed E-state index contributed by atoms with van der Waals surface area (Å²) < 4.78 is 0. The molecule has 1 unspecified atom stereocenters. The Kier molecular flexibility index (Phi) is 5.37. The van der Waals surface area contributed by atoms with Gasteiger partial charge < -0.3 is 5.32 Å². The van der Waals surface area contributed by atoms with Crippen LogP contribution >= 0.6 is 0 Å². The fourth-order valence-corrected chi connectivity index (χ4v) is 2.55. The zero-order valence-electron chi connectivity index (χ0n) is 12.8. The van der Waals surface area contributed by atoms with Crippen LogP contribution in [0.3, 0.4) is 0 Å². The Morgan fingerprint density at radius 3 is 2.00 bits per heavy atom. The highest BCUT2D eigenvalue weighted by molar-refractivity contribution is 5.63. The minimum atomic E-state index is 0.601. The SMILES string of the molecule is CCC(NCc1ccc(-c2ccccc2)cc1)C(C)C. The van der Waals surface area contributed by atoms with Gasteiger partial charge in [0.05, 0.1) is 0 Å². The molecule has 0 radical (unpaired) electrons. The molecule has 0 fully saturated rings. The van der Waals surface area contributed by atoms with Crippen LogP contribution in [0.25, 0.3) is 11.1 Å². The van der Waals surface area contributed by atoms with Gasteiger partial charge >= 0.3 is 0 Å². The summed E-state index contributed by atoms with van der Waals surface area (Å²) in [7, 11) is 0. The van der Waals surface area contributed by atoms with Gasteiger partial charge in [-0.15, -0.1) is 0 Å². The van der Waals surface area contributed by atoms with Crippen LogP contribution in [0.5, 0.6) is 0 Å². The molecule has 0 aliphatic carbocycles. The molecule has 2 aromatic rings. The van der Waals surface area contributed by atoms with E-state index in [0.717, 1.165) is 6.54 Å². The predicted molar refractivity (Wildman–Crippen MR) is 87.6 cm³/mol. The van der Waals surface area contributed by atoms with Gasteiger partial charge in [-0.25, -0.2) is 0 Å². The topological polar surface area (TPSA) is 12.0 Å². The molecule has 0 aliphatic rings. The van der Waals surface area contributed by atoms with Crippen molar-refractivity contribution in [3.8, 4) is 11.1 Å². The summed E-state index contributed by atoms with van der Waals surface area (Å²) in [5.41, 5.74) is 3.91. The van der Waals surface area contributed by atoms with Crippen LogP contribution in [0, 0.1) is 5.92 Å². The van der Waals surface area contributed by atoms with Gasteiger partial charge in [-0.05, 0) is 29.0 Å². The molecule has 0 aromatic heterocycles. The summed E-state index contributed by atoms with van der Waals surface area (Å²) in [6.45, 7) is 7.75. The van der Waals surface area contributed by atoms with Crippen molar-refractivity contribution in [2.45, 2.75) is 39.8 Å². The normalized spacial score (nSPS) is 12.6. The smallest absolute Gasteiger partial charge is 0.0208 e. The molecule has 0 saturated heterocycles. The number of hydrogen-bond acceptors (Lipinski definition) is 1. The molecule has 106 valence electrons. The van der Waals surface area contributed by atoms with E-state index >= 15 is 0 Å². The first kappa shape index (κ1) is 14.8. The van der Waals surface area contributed by atoms with Crippen molar-refractivity contribution in [2.24, 2.45) is 5.92 Å². The van der Waals surface area contributed by atoms with Crippen molar-refractivity contribution < 1.29 is 0 Å². The van der Waals surface area contributed by atoms with E-state index in [2.05, 4.69) is 80.7 Å². The van der Waals surface area contributed by atoms with Gasteiger partial charge in [-0.1, -0.05) is 75.4 Å². The third-order valence-electron chi connectivity index (χ3n) is 3.87. The van der Waals surface area contributed by atoms with E-state index in [1.54, 1.807) is 0 Å². The number of nitrogens with one attached hydrogen (secondary N) is 1. The fraction of sp³-hybridized carbons (Fsp3) is 0.368. The summed E-state index contributed by atoms with van der Waals surface area (Å²) in [4.78, 5) is 0. The minimum Gasteiger partial charge on any atom is -0.310 e. The molecule has 20 heavy (non-hydrogen) atoms. The summed E-state index contributed by atoms with van der Waals surface area (Å²) in [5.74, 6) is 0.684. The van der Waals surface area contributed by atoms with Crippen molar-refractivity contribution in [3.05, 3.63) is 60.2 Å². The lowest BCUT2D eigenvalue weighted by molar-refractivity contribution is 0.387. The van der Waals surface area contributed by atoms with Crippen LogP contribution in [0.1, 0.15) is 32.8 Å². The number of benzene rings is 2. The predicted octanol–water partition coefficient (Wildman–Crippen LogP) is 4.88. The van der Waals surface area contributed by atoms with E-state index in [0.29, 0.717) is 12.0 Å². The lowest BCUT2D eigenvalue weighted by atomic mass is 10.0. The zero-order chi connectivity index (χ0) is 14.4. The third kappa shape index (κ3) is 3.94. The molecular weight excluding hydrogens is 242 g/mol. The van der Waals surface area contributed by atoms with Gasteiger partial charge in [0.1, 0.15) is 0 Å². The van der Waals surface area contributed by atoms with Crippen molar-refractivity contribution in [3.63, 3.8) is 0 Å². The van der Waals surface area contributed by atoms with E-state index in [9.17, 15) is 0 Å². The monoisotopic (exact) mass is 267 g/mol. The second-order valence-corrected chi connectivity index (χ2v) is 5.70. The first-order chi connectivity index (χ1) is 9.70. The molecule has 1 heteroatoms. The van der Waals surface area contributed by atoms with E-state index < -0.39 is 0 Å². The molecule has 0 heterocycles. The van der Waals surface area contributed by atoms with Crippen molar-refractivity contribution in [1.29, 1.82) is 0 Å². The second-order valence-electron chi connectivity index (χ2n) is 5.70. The Balaban J connectivity index is 1.99. The molecule has 2 rings (SSSR count). The van der Waals surface area contributed by atoms with Crippen LogP contribution in [0.4, 0.5) is 0 Å². The van der Waals surface area contributed by atoms with Gasteiger partial charge in [0.25, 0.3) is 0 Å². The van der Waals surface area contributed by atoms with Crippen molar-refractivity contribution >= 4 is 0 Å². The lowest BCUT2D eigenvalue weighted by Crippen LogP contribution is -2.32. The van der Waals surface area contributed by atoms with Crippen molar-refractivity contribution in [1.82, 2.24) is 5.32 Å². The second kappa shape index (κ2) is 7.25. The highest BCUT2D eigenvalue weighted by atomic mass is 14.9. The summed E-state index contributed by atoms with van der Waals surface area (Å²) in [6.07, 6.45) is 1.18. The molecular formula is C19H25N. The molecule has 0 amide bonds. The molecule has 0 bridgehead atoms. The van der Waals surface area contributed by atoms with Crippen LogP contribution in [0.2, 0.25) is 0 Å². The Hall–Kier alpha value is -1.60. The standard InChI is InChI=1S/C19H25N/c1-4-19(15(2)3)20-14-16-10-12-18(13-11-16)17-8-6-5-7-9-17/h5-13,15,19-20H,4,14H2,1-3H3. The van der Waals surface area contributed by atoms with Crippen LogP contribution < -0.4 is 5.32 Å². The van der Waals surface area contributed by atoms with Crippen LogP contribution in [0.15, 0.2) is 54.6 Å². The molecule has 1 atom stereocenters. The largest absolute Gasteiger partial charge is 0.310 e. The third-order valence-corrected chi connectivity index (χ3v) is 3.87. The van der Waals surface area contributed by atoms with Crippen molar-refractivity contribution in [2.75, 3.05) is 0 Å². The zero-order valence-corrected chi connectivity index (χ0v) is 12.8. The van der Waals surface area contributed by atoms with Gasteiger partial charge in [-0.3, -0.25) is 0 Å². The molecule has 0 spiro atoms. The van der Waals surface area contributed by atoms with Gasteiger partial charge in [-0.2, -0.15) is 0 Å². The van der Waals surface area contributed by atoms with Crippen LogP contribution in [-0.2, 0) is 6.54 Å². The molecule has 0 aliphatic heterocycles. The Bertz CT molecular complexity index is 499. The van der Waals surface area contributed by atoms with Gasteiger partial charge in [0, 0.05) is 12.6 Å². The highest BCUT2D eigenvalue weighted by Crippen LogP contribution is 2.19. The summed E-state index contributed by atoms with van der Waals surface area (Å²) in [6, 6.07) is 20.0. The summed E-state index contributed by atoms with van der Waals surface area (Å²) in [5, 5.41) is 3.64. The molecule has 2 aromatic carbocycles. The molecule has 0 saturated carbocycles. The lowest BCUT2D eigenvalue weighted by Gasteiger charge is -2.20. The van der Waals surface area contributed by atoms with E-state index in [1.807, 2.05) is 0 Å². The maximum absolute atomic E-state index is 3.64. The maximum atomic E-state index is 3.64. The van der Waals surface area contributed by atoms with E-state index in [4.69, 9.17) is 0 Å². The van der Waals surface area contributed by atoms with E-state index in [-0.39, 0.29) is 0 Å². The number of rotatable bonds is 6. The number of hydrogen-bond donors (Lipinski definition) is 1. The average Bonchev–Trinajstić information content (AvgIpc) is 2.49. The van der Waals surface area contributed by atoms with E-state index in [1.165, 1.54) is 23.1 Å². The highest BCUT2D eigenvalue weighted by Gasteiger charge is 2.09. The van der Waals surface area contributed by atoms with Gasteiger partial charge in [0.2, 0.25) is 0 Å². The quantitative estimate of drug-likeness (QED) is 0.786. The first-order valence-electron chi connectivity index (χ1n) is 7.58. The minimum absolute atomic E-state index is 0.601. The maximum Gasteiger partial charge on any atom is 0.0208 e. The Morgan fingerprint density at radius 2 is 1.45 bits per heavy atom. The average molecular weight is 267 g/mol. The Morgan fingerprint density at radius 1 is 0.850 bits per heavy atom. The molecule has 1 nitrogen and oxygen atoms in total. The summed E-state index contributed by atoms with van der Waals surface area (Å²) >= 11 is 0. The molecule has 1 N–H and O–H groups in total. The fourth-order valence-electron chi connectivity index (χ4n) is 2.55.